The van der Waals surface area contributed by atoms with Gasteiger partial charge in [-0.1, -0.05) is 12.2 Å². The van der Waals surface area contributed by atoms with Crippen LogP contribution in [0.5, 0.6) is 0 Å². The molecule has 2 aliphatic carbocycles. The van der Waals surface area contributed by atoms with Gasteiger partial charge in [-0.2, -0.15) is 0 Å². The molecular formula is C18H20N2O. The summed E-state index contributed by atoms with van der Waals surface area (Å²) in [7, 11) is 2.02. The van der Waals surface area contributed by atoms with Crippen LogP contribution in [0.25, 0.3) is 10.9 Å². The molecule has 1 fully saturated rings. The molecule has 1 saturated carbocycles. The molecule has 0 aliphatic heterocycles. The monoisotopic (exact) mass is 280 g/mol. The maximum absolute atomic E-state index is 12.3. The number of aromatic nitrogens is 1. The van der Waals surface area contributed by atoms with Crippen molar-refractivity contribution in [1.29, 1.82) is 0 Å². The molecule has 21 heavy (non-hydrogen) atoms. The van der Waals surface area contributed by atoms with Crippen LogP contribution in [-0.4, -0.2) is 17.0 Å². The van der Waals surface area contributed by atoms with Gasteiger partial charge in [-0.3, -0.25) is 4.79 Å². The van der Waals surface area contributed by atoms with Gasteiger partial charge >= 0.3 is 0 Å². The molecule has 1 heterocycles. The average molecular weight is 280 g/mol. The van der Waals surface area contributed by atoms with Crippen molar-refractivity contribution >= 4 is 16.8 Å². The molecule has 3 nitrogen and oxygen atoms in total. The minimum Gasteiger partial charge on any atom is -0.352 e. The molecule has 2 bridgehead atoms. The number of hydrogen-bond acceptors (Lipinski definition) is 1. The van der Waals surface area contributed by atoms with E-state index in [1.807, 2.05) is 37.5 Å². The topological polar surface area (TPSA) is 34.0 Å². The quantitative estimate of drug-likeness (QED) is 0.861. The van der Waals surface area contributed by atoms with E-state index < -0.39 is 0 Å². The number of aryl methyl sites for hydroxylation is 1. The number of benzene rings is 1. The molecule has 0 unspecified atom stereocenters. The Balaban J connectivity index is 1.45. The Morgan fingerprint density at radius 2 is 2.19 bits per heavy atom. The van der Waals surface area contributed by atoms with Crippen molar-refractivity contribution in [2.24, 2.45) is 24.8 Å². The fourth-order valence-corrected chi connectivity index (χ4v) is 3.88. The molecule has 2 aromatic rings. The number of amides is 1. The number of allylic oxidation sites excluding steroid dienone is 2. The summed E-state index contributed by atoms with van der Waals surface area (Å²) in [5.41, 5.74) is 1.91. The molecule has 1 N–H and O–H groups in total. The summed E-state index contributed by atoms with van der Waals surface area (Å²) in [6, 6.07) is 7.96. The summed E-state index contributed by atoms with van der Waals surface area (Å²) in [5.74, 6) is 2.13. The third kappa shape index (κ3) is 2.17. The Morgan fingerprint density at radius 1 is 1.29 bits per heavy atom. The van der Waals surface area contributed by atoms with Gasteiger partial charge in [0.25, 0.3) is 5.91 Å². The van der Waals surface area contributed by atoms with Crippen LogP contribution in [0.15, 0.2) is 42.6 Å². The first-order chi connectivity index (χ1) is 10.2. The second kappa shape index (κ2) is 4.76. The van der Waals surface area contributed by atoms with E-state index in [0.29, 0.717) is 11.8 Å². The third-order valence-electron chi connectivity index (χ3n) is 5.09. The minimum absolute atomic E-state index is 0.0486. The Bertz CT molecular complexity index is 728. The van der Waals surface area contributed by atoms with Crippen LogP contribution in [0, 0.1) is 17.8 Å². The molecule has 2 aliphatic rings. The third-order valence-corrected chi connectivity index (χ3v) is 5.09. The highest BCUT2D eigenvalue weighted by Gasteiger charge is 2.35. The molecule has 3 atom stereocenters. The molecule has 0 spiro atoms. The first kappa shape index (κ1) is 12.7. The Hall–Kier alpha value is -2.03. The van der Waals surface area contributed by atoms with E-state index >= 15 is 0 Å². The summed E-state index contributed by atoms with van der Waals surface area (Å²) in [6.07, 6.45) is 9.22. The highest BCUT2D eigenvalue weighted by molar-refractivity contribution is 5.98. The molecule has 108 valence electrons. The average Bonchev–Trinajstić information content (AvgIpc) is 3.20. The Morgan fingerprint density at radius 3 is 2.95 bits per heavy atom. The van der Waals surface area contributed by atoms with E-state index in [1.165, 1.54) is 12.8 Å². The van der Waals surface area contributed by atoms with Crippen molar-refractivity contribution in [3.05, 3.63) is 48.2 Å². The van der Waals surface area contributed by atoms with Crippen LogP contribution in [-0.2, 0) is 7.05 Å². The van der Waals surface area contributed by atoms with Gasteiger partial charge in [-0.05, 0) is 54.9 Å². The Labute approximate surface area is 124 Å². The zero-order valence-electron chi connectivity index (χ0n) is 12.3. The SMILES string of the molecule is Cn1ccc2cc(C(=O)NC[C@H]3C[C@@H]4C=C[C@@H]3C4)ccc21. The van der Waals surface area contributed by atoms with E-state index in [1.54, 1.807) is 0 Å². The fraction of sp³-hybridized carbons (Fsp3) is 0.389. The van der Waals surface area contributed by atoms with Gasteiger partial charge in [0.1, 0.15) is 0 Å². The number of carbonyl (C=O) groups is 1. The van der Waals surface area contributed by atoms with Gasteiger partial charge in [0.05, 0.1) is 0 Å². The maximum Gasteiger partial charge on any atom is 0.251 e. The first-order valence-corrected chi connectivity index (χ1v) is 7.72. The number of nitrogens with zero attached hydrogens (tertiary/aromatic N) is 1. The normalized spacial score (nSPS) is 26.6. The molecule has 4 rings (SSSR count). The van der Waals surface area contributed by atoms with Crippen LogP contribution < -0.4 is 5.32 Å². The molecule has 1 amide bonds. The molecule has 1 aromatic heterocycles. The number of nitrogens with one attached hydrogen (secondary N) is 1. The van der Waals surface area contributed by atoms with Crippen molar-refractivity contribution < 1.29 is 4.79 Å². The van der Waals surface area contributed by atoms with Crippen LogP contribution in [0.3, 0.4) is 0 Å². The lowest BCUT2D eigenvalue weighted by Gasteiger charge is -2.18. The van der Waals surface area contributed by atoms with Gasteiger partial charge in [0, 0.05) is 36.3 Å². The lowest BCUT2D eigenvalue weighted by Crippen LogP contribution is -2.30. The molecular weight excluding hydrogens is 260 g/mol. The Kier molecular flexibility index (Phi) is 2.88. The largest absolute Gasteiger partial charge is 0.352 e. The summed E-state index contributed by atoms with van der Waals surface area (Å²) in [4.78, 5) is 12.3. The van der Waals surface area contributed by atoms with Gasteiger partial charge in [0.15, 0.2) is 0 Å². The number of hydrogen-bond donors (Lipinski definition) is 1. The molecule has 1 aromatic carbocycles. The zero-order valence-corrected chi connectivity index (χ0v) is 12.3. The predicted octanol–water partition coefficient (Wildman–Crippen LogP) is 3.12. The zero-order chi connectivity index (χ0) is 14.4. The fourth-order valence-electron chi connectivity index (χ4n) is 3.88. The van der Waals surface area contributed by atoms with Crippen molar-refractivity contribution in [2.45, 2.75) is 12.8 Å². The van der Waals surface area contributed by atoms with Gasteiger partial charge in [-0.25, -0.2) is 0 Å². The molecule has 0 radical (unpaired) electrons. The summed E-state index contributed by atoms with van der Waals surface area (Å²) >= 11 is 0. The number of carbonyl (C=O) groups excluding carboxylic acids is 1. The lowest BCUT2D eigenvalue weighted by molar-refractivity contribution is 0.0945. The van der Waals surface area contributed by atoms with E-state index in [2.05, 4.69) is 22.0 Å². The molecule has 3 heteroatoms. The van der Waals surface area contributed by atoms with Crippen LogP contribution in [0.2, 0.25) is 0 Å². The second-order valence-corrected chi connectivity index (χ2v) is 6.45. The van der Waals surface area contributed by atoms with Crippen molar-refractivity contribution in [2.75, 3.05) is 6.54 Å². The molecule has 0 saturated heterocycles. The first-order valence-electron chi connectivity index (χ1n) is 7.72. The van der Waals surface area contributed by atoms with E-state index in [0.717, 1.165) is 28.9 Å². The minimum atomic E-state index is 0.0486. The highest BCUT2D eigenvalue weighted by Crippen LogP contribution is 2.42. The van der Waals surface area contributed by atoms with Gasteiger partial charge in [0.2, 0.25) is 0 Å². The van der Waals surface area contributed by atoms with Crippen LogP contribution in [0.4, 0.5) is 0 Å². The van der Waals surface area contributed by atoms with Crippen molar-refractivity contribution in [3.8, 4) is 0 Å². The van der Waals surface area contributed by atoms with Crippen LogP contribution in [0.1, 0.15) is 23.2 Å². The number of rotatable bonds is 3. The van der Waals surface area contributed by atoms with Crippen molar-refractivity contribution in [1.82, 2.24) is 9.88 Å². The summed E-state index contributed by atoms with van der Waals surface area (Å²) < 4.78 is 2.07. The standard InChI is InChI=1S/C18H20N2O/c1-20-7-6-14-10-15(4-5-17(14)20)18(21)19-11-16-9-12-2-3-13(16)8-12/h2-7,10,12-13,16H,8-9,11H2,1H3,(H,19,21)/t12-,13-,16-/m1/s1. The van der Waals surface area contributed by atoms with Crippen molar-refractivity contribution in [3.63, 3.8) is 0 Å². The second-order valence-electron chi connectivity index (χ2n) is 6.45. The smallest absolute Gasteiger partial charge is 0.251 e. The summed E-state index contributed by atoms with van der Waals surface area (Å²) in [6.45, 7) is 0.803. The van der Waals surface area contributed by atoms with E-state index in [9.17, 15) is 4.79 Å². The highest BCUT2D eigenvalue weighted by atomic mass is 16.1. The predicted molar refractivity (Wildman–Crippen MR) is 84.1 cm³/mol. The lowest BCUT2D eigenvalue weighted by atomic mass is 9.93. The summed E-state index contributed by atoms with van der Waals surface area (Å²) in [5, 5.41) is 4.24. The number of fused-ring (bicyclic) bond motifs is 3. The van der Waals surface area contributed by atoms with E-state index in [-0.39, 0.29) is 5.91 Å². The van der Waals surface area contributed by atoms with E-state index in [4.69, 9.17) is 0 Å². The van der Waals surface area contributed by atoms with Gasteiger partial charge in [-0.15, -0.1) is 0 Å². The van der Waals surface area contributed by atoms with Crippen LogP contribution >= 0.6 is 0 Å². The van der Waals surface area contributed by atoms with Gasteiger partial charge < -0.3 is 9.88 Å². The maximum atomic E-state index is 12.3.